The largest absolute Gasteiger partial charge is 0.374 e. The summed E-state index contributed by atoms with van der Waals surface area (Å²) in [6, 6.07) is 0.0462. The number of amides is 1. The van der Waals surface area contributed by atoms with Crippen LogP contribution in [0.25, 0.3) is 0 Å². The summed E-state index contributed by atoms with van der Waals surface area (Å²) in [5, 5.41) is 2.97. The molecule has 1 saturated heterocycles. The first kappa shape index (κ1) is 12.8. The Bertz CT molecular complexity index is 272. The van der Waals surface area contributed by atoms with Crippen LogP contribution in [0.5, 0.6) is 0 Å². The summed E-state index contributed by atoms with van der Waals surface area (Å²) in [7, 11) is 2.07. The minimum Gasteiger partial charge on any atom is -0.374 e. The number of nitrogens with two attached hydrogens (primary N) is 1. The molecule has 2 fully saturated rings. The van der Waals surface area contributed by atoms with E-state index >= 15 is 0 Å². The van der Waals surface area contributed by atoms with Gasteiger partial charge in [-0.25, -0.2) is 0 Å². The van der Waals surface area contributed by atoms with Crippen molar-refractivity contribution in [2.45, 2.75) is 31.4 Å². The first-order valence-corrected chi connectivity index (χ1v) is 6.50. The maximum atomic E-state index is 11.9. The average Bonchev–Trinajstić information content (AvgIpc) is 2.72. The van der Waals surface area contributed by atoms with Gasteiger partial charge in [-0.3, -0.25) is 4.79 Å². The molecule has 1 aliphatic carbocycles. The Morgan fingerprint density at radius 1 is 1.53 bits per heavy atom. The molecule has 2 rings (SSSR count). The topological polar surface area (TPSA) is 67.6 Å². The lowest BCUT2D eigenvalue weighted by Crippen LogP contribution is -2.48. The molecule has 1 amide bonds. The summed E-state index contributed by atoms with van der Waals surface area (Å²) >= 11 is 0. The lowest BCUT2D eigenvalue weighted by atomic mass is 10.0. The fourth-order valence-electron chi connectivity index (χ4n) is 2.65. The molecular formula is C12H23N3O2. The van der Waals surface area contributed by atoms with Gasteiger partial charge in [0, 0.05) is 25.7 Å². The van der Waals surface area contributed by atoms with Crippen LogP contribution in [0.1, 0.15) is 19.3 Å². The van der Waals surface area contributed by atoms with Gasteiger partial charge in [0.2, 0.25) is 5.91 Å². The van der Waals surface area contributed by atoms with Crippen LogP contribution in [0, 0.1) is 5.92 Å². The second-order valence-electron chi connectivity index (χ2n) is 5.20. The molecule has 1 saturated carbocycles. The van der Waals surface area contributed by atoms with Gasteiger partial charge in [-0.2, -0.15) is 0 Å². The highest BCUT2D eigenvalue weighted by Crippen LogP contribution is 2.23. The number of nitrogens with zero attached hydrogens (tertiary/aromatic N) is 1. The van der Waals surface area contributed by atoms with Gasteiger partial charge in [0.05, 0.1) is 18.6 Å². The zero-order valence-electron chi connectivity index (χ0n) is 10.5. The summed E-state index contributed by atoms with van der Waals surface area (Å²) in [4.78, 5) is 14.1. The number of hydrogen-bond donors (Lipinski definition) is 2. The standard InChI is InChI=1S/C12H23N3O2/c1-15-5-6-17-9(8-15)7-14-12(16)10-3-2-4-11(10)13/h9-11H,2-8,13H2,1H3,(H,14,16). The van der Waals surface area contributed by atoms with Crippen molar-refractivity contribution in [3.05, 3.63) is 0 Å². The SMILES string of the molecule is CN1CCOC(CNC(=O)C2CCCC2N)C1. The van der Waals surface area contributed by atoms with E-state index in [0.717, 1.165) is 39.0 Å². The van der Waals surface area contributed by atoms with Crippen LogP contribution < -0.4 is 11.1 Å². The van der Waals surface area contributed by atoms with Crippen LogP contribution in [0.15, 0.2) is 0 Å². The number of nitrogens with one attached hydrogen (secondary N) is 1. The van der Waals surface area contributed by atoms with Gasteiger partial charge in [0.1, 0.15) is 0 Å². The molecule has 5 heteroatoms. The van der Waals surface area contributed by atoms with E-state index in [2.05, 4.69) is 17.3 Å². The van der Waals surface area contributed by atoms with Crippen molar-refractivity contribution >= 4 is 5.91 Å². The number of carbonyl (C=O) groups excluding carboxylic acids is 1. The van der Waals surface area contributed by atoms with Crippen molar-refractivity contribution in [2.24, 2.45) is 11.7 Å². The fraction of sp³-hybridized carbons (Fsp3) is 0.917. The molecule has 0 bridgehead atoms. The summed E-state index contributed by atoms with van der Waals surface area (Å²) < 4.78 is 5.60. The summed E-state index contributed by atoms with van der Waals surface area (Å²) in [5.74, 6) is 0.114. The minimum atomic E-state index is 0.0105. The number of ether oxygens (including phenoxy) is 1. The van der Waals surface area contributed by atoms with Gasteiger partial charge < -0.3 is 20.7 Å². The Morgan fingerprint density at radius 2 is 2.35 bits per heavy atom. The highest BCUT2D eigenvalue weighted by molar-refractivity contribution is 5.79. The lowest BCUT2D eigenvalue weighted by molar-refractivity contribution is -0.126. The van der Waals surface area contributed by atoms with E-state index in [9.17, 15) is 4.79 Å². The van der Waals surface area contributed by atoms with E-state index in [0.29, 0.717) is 6.54 Å². The highest BCUT2D eigenvalue weighted by atomic mass is 16.5. The van der Waals surface area contributed by atoms with Crippen molar-refractivity contribution in [3.8, 4) is 0 Å². The third kappa shape index (κ3) is 3.40. The average molecular weight is 241 g/mol. The van der Waals surface area contributed by atoms with Crippen LogP contribution in [0.2, 0.25) is 0 Å². The van der Waals surface area contributed by atoms with E-state index in [1.165, 1.54) is 0 Å². The maximum absolute atomic E-state index is 11.9. The third-order valence-electron chi connectivity index (χ3n) is 3.75. The molecular weight excluding hydrogens is 218 g/mol. The number of likely N-dealkylation sites (N-methyl/N-ethyl adjacent to an activating group) is 1. The molecule has 1 heterocycles. The van der Waals surface area contributed by atoms with Crippen molar-refractivity contribution in [1.82, 2.24) is 10.2 Å². The molecule has 0 aromatic rings. The molecule has 2 aliphatic rings. The molecule has 0 aromatic heterocycles. The maximum Gasteiger partial charge on any atom is 0.224 e. The minimum absolute atomic E-state index is 0.0105. The van der Waals surface area contributed by atoms with Gasteiger partial charge in [0.25, 0.3) is 0 Å². The zero-order chi connectivity index (χ0) is 12.3. The summed E-state index contributed by atoms with van der Waals surface area (Å²) in [6.45, 7) is 3.21. The fourth-order valence-corrected chi connectivity index (χ4v) is 2.65. The highest BCUT2D eigenvalue weighted by Gasteiger charge is 2.30. The van der Waals surface area contributed by atoms with Gasteiger partial charge in [0.15, 0.2) is 0 Å². The molecule has 98 valence electrons. The van der Waals surface area contributed by atoms with Crippen LogP contribution in [-0.4, -0.2) is 56.2 Å². The monoisotopic (exact) mass is 241 g/mol. The van der Waals surface area contributed by atoms with Crippen molar-refractivity contribution in [1.29, 1.82) is 0 Å². The summed E-state index contributed by atoms with van der Waals surface area (Å²) in [5.41, 5.74) is 5.91. The Balaban J connectivity index is 1.72. The Morgan fingerprint density at radius 3 is 3.00 bits per heavy atom. The number of rotatable bonds is 3. The Labute approximate surface area is 103 Å². The first-order chi connectivity index (χ1) is 8.16. The van der Waals surface area contributed by atoms with Gasteiger partial charge in [-0.05, 0) is 19.9 Å². The van der Waals surface area contributed by atoms with Crippen LogP contribution in [-0.2, 0) is 9.53 Å². The number of hydrogen-bond acceptors (Lipinski definition) is 4. The number of morpholine rings is 1. The molecule has 0 aromatic carbocycles. The molecule has 0 radical (unpaired) electrons. The number of carbonyl (C=O) groups is 1. The second kappa shape index (κ2) is 5.80. The van der Waals surface area contributed by atoms with Gasteiger partial charge in [-0.1, -0.05) is 6.42 Å². The van der Waals surface area contributed by atoms with Crippen molar-refractivity contribution < 1.29 is 9.53 Å². The normalized spacial score (nSPS) is 34.8. The quantitative estimate of drug-likeness (QED) is 0.703. The lowest BCUT2D eigenvalue weighted by Gasteiger charge is -2.30. The molecule has 3 unspecified atom stereocenters. The van der Waals surface area contributed by atoms with Crippen LogP contribution in [0.4, 0.5) is 0 Å². The molecule has 5 nitrogen and oxygen atoms in total. The smallest absolute Gasteiger partial charge is 0.224 e. The van der Waals surface area contributed by atoms with Gasteiger partial charge >= 0.3 is 0 Å². The zero-order valence-corrected chi connectivity index (χ0v) is 10.5. The van der Waals surface area contributed by atoms with Gasteiger partial charge in [-0.15, -0.1) is 0 Å². The Kier molecular flexibility index (Phi) is 4.36. The van der Waals surface area contributed by atoms with Crippen LogP contribution >= 0.6 is 0 Å². The first-order valence-electron chi connectivity index (χ1n) is 6.50. The third-order valence-corrected chi connectivity index (χ3v) is 3.75. The molecule has 3 N–H and O–H groups in total. The Hall–Kier alpha value is -0.650. The second-order valence-corrected chi connectivity index (χ2v) is 5.20. The van der Waals surface area contributed by atoms with Crippen LogP contribution in [0.3, 0.4) is 0 Å². The summed E-state index contributed by atoms with van der Waals surface area (Å²) in [6.07, 6.45) is 3.09. The van der Waals surface area contributed by atoms with Crippen molar-refractivity contribution in [2.75, 3.05) is 33.3 Å². The van der Waals surface area contributed by atoms with E-state index in [-0.39, 0.29) is 24.0 Å². The van der Waals surface area contributed by atoms with E-state index < -0.39 is 0 Å². The molecule has 1 aliphatic heterocycles. The molecule has 0 spiro atoms. The molecule has 17 heavy (non-hydrogen) atoms. The van der Waals surface area contributed by atoms with E-state index in [1.54, 1.807) is 0 Å². The van der Waals surface area contributed by atoms with Crippen molar-refractivity contribution in [3.63, 3.8) is 0 Å². The molecule has 3 atom stereocenters. The predicted octanol–water partition coefficient (Wildman–Crippen LogP) is -0.439. The predicted molar refractivity (Wildman–Crippen MR) is 65.6 cm³/mol. The van der Waals surface area contributed by atoms with E-state index in [4.69, 9.17) is 10.5 Å². The van der Waals surface area contributed by atoms with E-state index in [1.807, 2.05) is 0 Å².